The van der Waals surface area contributed by atoms with Gasteiger partial charge in [-0.05, 0) is 36.6 Å². The summed E-state index contributed by atoms with van der Waals surface area (Å²) >= 11 is 7.32. The number of aliphatic imine (C=N–C) groups is 1. The number of aliphatic hydroxyl groups is 1. The van der Waals surface area contributed by atoms with Crippen LogP contribution in [0.1, 0.15) is 42.4 Å². The Morgan fingerprint density at radius 3 is 2.57 bits per heavy atom. The van der Waals surface area contributed by atoms with Crippen molar-refractivity contribution >= 4 is 52.9 Å². The van der Waals surface area contributed by atoms with E-state index in [1.54, 1.807) is 6.07 Å². The first-order chi connectivity index (χ1) is 13.1. The van der Waals surface area contributed by atoms with Crippen LogP contribution in [0.2, 0.25) is 4.34 Å². The van der Waals surface area contributed by atoms with E-state index in [0.717, 1.165) is 35.6 Å². The fourth-order valence-corrected chi connectivity index (χ4v) is 3.53. The lowest BCUT2D eigenvalue weighted by Crippen LogP contribution is -2.39. The van der Waals surface area contributed by atoms with E-state index in [1.165, 1.54) is 11.3 Å². The first-order valence-corrected chi connectivity index (χ1v) is 10.4. The quantitative estimate of drug-likeness (QED) is 0.177. The SMILES string of the molecule is CCCOCc1ccccc1CN=C(NCC)NCC(O)c1ccc(Cl)s1.I. The molecule has 2 rings (SSSR count). The maximum Gasteiger partial charge on any atom is 0.191 e. The average molecular weight is 538 g/mol. The van der Waals surface area contributed by atoms with Gasteiger partial charge in [0, 0.05) is 24.6 Å². The smallest absolute Gasteiger partial charge is 0.191 e. The fourth-order valence-electron chi connectivity index (χ4n) is 2.49. The number of thiophene rings is 1. The molecule has 28 heavy (non-hydrogen) atoms. The van der Waals surface area contributed by atoms with Gasteiger partial charge in [-0.15, -0.1) is 35.3 Å². The van der Waals surface area contributed by atoms with Gasteiger partial charge in [-0.2, -0.15) is 0 Å². The molecule has 0 amide bonds. The molecule has 1 heterocycles. The molecule has 1 atom stereocenters. The average Bonchev–Trinajstić information content (AvgIpc) is 3.11. The molecule has 0 spiro atoms. The highest BCUT2D eigenvalue weighted by molar-refractivity contribution is 14.0. The molecule has 0 bridgehead atoms. The van der Waals surface area contributed by atoms with Gasteiger partial charge in [0.15, 0.2) is 5.96 Å². The number of nitrogens with zero attached hydrogens (tertiary/aromatic N) is 1. The zero-order valence-corrected chi connectivity index (χ0v) is 20.2. The zero-order valence-electron chi connectivity index (χ0n) is 16.3. The maximum atomic E-state index is 10.3. The van der Waals surface area contributed by atoms with E-state index in [4.69, 9.17) is 16.3 Å². The molecule has 0 fully saturated rings. The Balaban J connectivity index is 0.00000392. The molecule has 8 heteroatoms. The Hall–Kier alpha value is -0.870. The topological polar surface area (TPSA) is 65.9 Å². The molecule has 0 aliphatic carbocycles. The van der Waals surface area contributed by atoms with Crippen LogP contribution in [0.5, 0.6) is 0 Å². The first kappa shape index (κ1) is 25.2. The third kappa shape index (κ3) is 8.65. The van der Waals surface area contributed by atoms with Crippen molar-refractivity contribution in [3.8, 4) is 0 Å². The number of hydrogen-bond acceptors (Lipinski definition) is 4. The number of guanidine groups is 1. The molecule has 0 saturated heterocycles. The minimum atomic E-state index is -0.624. The Kier molecular flexibility index (Phi) is 12.7. The number of halogens is 2. The van der Waals surface area contributed by atoms with Crippen LogP contribution < -0.4 is 10.6 Å². The normalized spacial score (nSPS) is 12.4. The van der Waals surface area contributed by atoms with Crippen molar-refractivity contribution in [2.45, 2.75) is 39.5 Å². The molecular formula is C20H29ClIN3O2S. The van der Waals surface area contributed by atoms with Crippen LogP contribution in [0.3, 0.4) is 0 Å². The van der Waals surface area contributed by atoms with Gasteiger partial charge in [0.2, 0.25) is 0 Å². The predicted octanol–water partition coefficient (Wildman–Crippen LogP) is 4.73. The van der Waals surface area contributed by atoms with Crippen molar-refractivity contribution in [2.24, 2.45) is 4.99 Å². The monoisotopic (exact) mass is 537 g/mol. The fraction of sp³-hybridized carbons (Fsp3) is 0.450. The van der Waals surface area contributed by atoms with Crippen LogP contribution in [0.25, 0.3) is 0 Å². The largest absolute Gasteiger partial charge is 0.386 e. The molecule has 0 aliphatic heterocycles. The molecular weight excluding hydrogens is 509 g/mol. The minimum absolute atomic E-state index is 0. The number of rotatable bonds is 10. The van der Waals surface area contributed by atoms with E-state index in [-0.39, 0.29) is 24.0 Å². The van der Waals surface area contributed by atoms with Crippen LogP contribution in [0.15, 0.2) is 41.4 Å². The van der Waals surface area contributed by atoms with Crippen LogP contribution in [-0.2, 0) is 17.9 Å². The minimum Gasteiger partial charge on any atom is -0.386 e. The number of aliphatic hydroxyl groups excluding tert-OH is 1. The molecule has 0 saturated carbocycles. The van der Waals surface area contributed by atoms with Crippen LogP contribution in [-0.4, -0.2) is 30.8 Å². The number of benzene rings is 1. The summed E-state index contributed by atoms with van der Waals surface area (Å²) in [5, 5.41) is 16.7. The lowest BCUT2D eigenvalue weighted by molar-refractivity contribution is 0.121. The van der Waals surface area contributed by atoms with Crippen molar-refractivity contribution < 1.29 is 9.84 Å². The lowest BCUT2D eigenvalue weighted by Gasteiger charge is -2.15. The number of ether oxygens (including phenoxy) is 1. The number of nitrogens with one attached hydrogen (secondary N) is 2. The highest BCUT2D eigenvalue weighted by Crippen LogP contribution is 2.26. The second-order valence-corrected chi connectivity index (χ2v) is 7.80. The van der Waals surface area contributed by atoms with E-state index in [0.29, 0.717) is 30.0 Å². The molecule has 1 aromatic heterocycles. The van der Waals surface area contributed by atoms with Gasteiger partial charge in [-0.25, -0.2) is 4.99 Å². The third-order valence-electron chi connectivity index (χ3n) is 3.86. The van der Waals surface area contributed by atoms with Crippen LogP contribution >= 0.6 is 46.9 Å². The van der Waals surface area contributed by atoms with Crippen molar-refractivity contribution in [1.29, 1.82) is 0 Å². The Labute approximate surface area is 193 Å². The summed E-state index contributed by atoms with van der Waals surface area (Å²) in [6.07, 6.45) is 0.383. The molecule has 156 valence electrons. The molecule has 5 nitrogen and oxygen atoms in total. The summed E-state index contributed by atoms with van der Waals surface area (Å²) in [6.45, 7) is 7.12. The summed E-state index contributed by atoms with van der Waals surface area (Å²) in [5.74, 6) is 0.670. The van der Waals surface area contributed by atoms with Gasteiger partial charge >= 0.3 is 0 Å². The summed E-state index contributed by atoms with van der Waals surface area (Å²) < 4.78 is 6.34. The standard InChI is InChI=1S/C20H28ClN3O2S.HI/c1-3-11-26-14-16-8-6-5-7-15(16)12-23-20(22-4-2)24-13-17(25)18-9-10-19(21)27-18;/h5-10,17,25H,3-4,11-14H2,1-2H3,(H2,22,23,24);1H. The van der Waals surface area contributed by atoms with Crippen LogP contribution in [0.4, 0.5) is 0 Å². The summed E-state index contributed by atoms with van der Waals surface area (Å²) in [6, 6.07) is 11.8. The second kappa shape index (κ2) is 14.2. The van der Waals surface area contributed by atoms with E-state index in [9.17, 15) is 5.11 Å². The molecule has 3 N–H and O–H groups in total. The van der Waals surface area contributed by atoms with Gasteiger partial charge < -0.3 is 20.5 Å². The predicted molar refractivity (Wildman–Crippen MR) is 129 cm³/mol. The van der Waals surface area contributed by atoms with E-state index < -0.39 is 6.10 Å². The zero-order chi connectivity index (χ0) is 19.5. The van der Waals surface area contributed by atoms with Crippen molar-refractivity contribution in [3.05, 3.63) is 56.7 Å². The van der Waals surface area contributed by atoms with Crippen molar-refractivity contribution in [3.63, 3.8) is 0 Å². The molecule has 1 aromatic carbocycles. The van der Waals surface area contributed by atoms with Gasteiger partial charge in [-0.1, -0.05) is 42.8 Å². The summed E-state index contributed by atoms with van der Waals surface area (Å²) in [7, 11) is 0. The van der Waals surface area contributed by atoms with E-state index in [2.05, 4.69) is 34.7 Å². The summed E-state index contributed by atoms with van der Waals surface area (Å²) in [5.41, 5.74) is 2.29. The highest BCUT2D eigenvalue weighted by atomic mass is 127. The highest BCUT2D eigenvalue weighted by Gasteiger charge is 2.11. The number of hydrogen-bond donors (Lipinski definition) is 3. The maximum absolute atomic E-state index is 10.3. The second-order valence-electron chi connectivity index (χ2n) is 6.06. The molecule has 1 unspecified atom stereocenters. The molecule has 0 radical (unpaired) electrons. The van der Waals surface area contributed by atoms with E-state index in [1.807, 2.05) is 25.1 Å². The Morgan fingerprint density at radius 2 is 1.93 bits per heavy atom. The van der Waals surface area contributed by atoms with Crippen molar-refractivity contribution in [2.75, 3.05) is 19.7 Å². The van der Waals surface area contributed by atoms with Gasteiger partial charge in [0.05, 0.1) is 17.5 Å². The van der Waals surface area contributed by atoms with Crippen molar-refractivity contribution in [1.82, 2.24) is 10.6 Å². The third-order valence-corrected chi connectivity index (χ3v) is 5.19. The van der Waals surface area contributed by atoms with Gasteiger partial charge in [0.1, 0.15) is 6.10 Å². The molecule has 0 aliphatic rings. The van der Waals surface area contributed by atoms with Gasteiger partial charge in [-0.3, -0.25) is 0 Å². The lowest BCUT2D eigenvalue weighted by atomic mass is 10.1. The Bertz CT molecular complexity index is 727. The van der Waals surface area contributed by atoms with Crippen LogP contribution in [0, 0.1) is 0 Å². The van der Waals surface area contributed by atoms with E-state index >= 15 is 0 Å². The first-order valence-electron chi connectivity index (χ1n) is 9.24. The molecule has 2 aromatic rings. The Morgan fingerprint density at radius 1 is 1.18 bits per heavy atom. The summed E-state index contributed by atoms with van der Waals surface area (Å²) in [4.78, 5) is 5.48. The van der Waals surface area contributed by atoms with Gasteiger partial charge in [0.25, 0.3) is 0 Å².